The quantitative estimate of drug-likeness (QED) is 0.508. The Hall–Kier alpha value is -0.701. The van der Waals surface area contributed by atoms with Crippen LogP contribution in [0.5, 0.6) is 0 Å². The van der Waals surface area contributed by atoms with Gasteiger partial charge in [0.05, 0.1) is 0 Å². The Morgan fingerprint density at radius 2 is 2.43 bits per heavy atom. The average molecular weight is 257 g/mol. The molecular formula is C10H11FN2Se. The fourth-order valence-corrected chi connectivity index (χ4v) is 3.39. The number of nitrogens with one attached hydrogen (secondary N) is 1. The van der Waals surface area contributed by atoms with Gasteiger partial charge in [-0.05, 0) is 0 Å². The molecule has 0 spiro atoms. The van der Waals surface area contributed by atoms with Crippen LogP contribution in [0.25, 0.3) is 9.78 Å². The van der Waals surface area contributed by atoms with E-state index in [0.717, 1.165) is 6.42 Å². The standard InChI is InChI=1S/C10H11FN2Se/c11-7-12-5-3-8-6-14-10-9(8)2-1-4-13-10/h1-2,4,6,12H,3,5,7H2. The first-order valence-electron chi connectivity index (χ1n) is 4.49. The molecule has 2 heterocycles. The van der Waals surface area contributed by atoms with Crippen molar-refractivity contribution in [1.82, 2.24) is 10.3 Å². The fraction of sp³-hybridized carbons (Fsp3) is 0.300. The Bertz CT molecular complexity index is 413. The Labute approximate surface area is 87.9 Å². The summed E-state index contributed by atoms with van der Waals surface area (Å²) in [6.07, 6.45) is 2.72. The van der Waals surface area contributed by atoms with E-state index >= 15 is 0 Å². The van der Waals surface area contributed by atoms with Crippen molar-refractivity contribution in [3.05, 3.63) is 28.8 Å². The third-order valence-electron chi connectivity index (χ3n) is 2.10. The molecule has 0 aliphatic rings. The summed E-state index contributed by atoms with van der Waals surface area (Å²) >= 11 is 0.377. The fourth-order valence-electron chi connectivity index (χ4n) is 1.40. The zero-order chi connectivity index (χ0) is 9.80. The normalized spacial score (nSPS) is 10.9. The molecule has 1 N–H and O–H groups in total. The number of fused-ring (bicyclic) bond motifs is 1. The molecule has 0 aromatic carbocycles. The van der Waals surface area contributed by atoms with Gasteiger partial charge in [0, 0.05) is 0 Å². The maximum absolute atomic E-state index is 11.8. The minimum atomic E-state index is -0.446. The predicted octanol–water partition coefficient (Wildman–Crippen LogP) is 1.35. The van der Waals surface area contributed by atoms with Crippen LogP contribution in [0.15, 0.2) is 23.3 Å². The third-order valence-corrected chi connectivity index (χ3v) is 4.09. The second-order valence-electron chi connectivity index (χ2n) is 3.00. The molecule has 0 amide bonds. The van der Waals surface area contributed by atoms with Gasteiger partial charge in [-0.2, -0.15) is 0 Å². The van der Waals surface area contributed by atoms with E-state index in [9.17, 15) is 4.39 Å². The van der Waals surface area contributed by atoms with Crippen LogP contribution in [-0.4, -0.2) is 32.8 Å². The number of rotatable bonds is 4. The molecule has 0 saturated carbocycles. The number of hydrogen-bond acceptors (Lipinski definition) is 2. The molecule has 0 atom stereocenters. The van der Waals surface area contributed by atoms with Gasteiger partial charge in [0.2, 0.25) is 0 Å². The summed E-state index contributed by atoms with van der Waals surface area (Å²) < 4.78 is 13.0. The molecule has 0 unspecified atom stereocenters. The first kappa shape index (κ1) is 9.84. The SMILES string of the molecule is FCNCCc1c[se]c2ncccc12. The van der Waals surface area contributed by atoms with Crippen molar-refractivity contribution in [3.8, 4) is 0 Å². The number of alkyl halides is 1. The van der Waals surface area contributed by atoms with Crippen LogP contribution in [0.4, 0.5) is 4.39 Å². The zero-order valence-electron chi connectivity index (χ0n) is 7.66. The van der Waals surface area contributed by atoms with Gasteiger partial charge < -0.3 is 0 Å². The number of halogens is 1. The van der Waals surface area contributed by atoms with Crippen LogP contribution in [0.2, 0.25) is 0 Å². The molecule has 2 aromatic heterocycles. The number of pyridine rings is 1. The first-order valence-corrected chi connectivity index (χ1v) is 6.34. The van der Waals surface area contributed by atoms with Gasteiger partial charge in [0.25, 0.3) is 0 Å². The van der Waals surface area contributed by atoms with Crippen LogP contribution in [0.3, 0.4) is 0 Å². The summed E-state index contributed by atoms with van der Waals surface area (Å²) in [5, 5.41) is 3.94. The van der Waals surface area contributed by atoms with Gasteiger partial charge >= 0.3 is 87.6 Å². The molecule has 2 aromatic rings. The summed E-state index contributed by atoms with van der Waals surface area (Å²) in [5.41, 5.74) is 1.31. The second kappa shape index (κ2) is 4.69. The van der Waals surface area contributed by atoms with Gasteiger partial charge in [0.15, 0.2) is 0 Å². The minimum absolute atomic E-state index is 0.377. The molecule has 0 bridgehead atoms. The molecule has 2 rings (SSSR count). The molecule has 0 saturated heterocycles. The van der Waals surface area contributed by atoms with E-state index in [0.29, 0.717) is 21.0 Å². The maximum atomic E-state index is 11.8. The van der Waals surface area contributed by atoms with Crippen LogP contribution < -0.4 is 5.32 Å². The van der Waals surface area contributed by atoms with Gasteiger partial charge in [-0.25, -0.2) is 0 Å². The van der Waals surface area contributed by atoms with Crippen molar-refractivity contribution in [2.45, 2.75) is 6.42 Å². The topological polar surface area (TPSA) is 24.9 Å². The van der Waals surface area contributed by atoms with Crippen LogP contribution >= 0.6 is 0 Å². The monoisotopic (exact) mass is 258 g/mol. The average Bonchev–Trinajstić information content (AvgIpc) is 2.63. The van der Waals surface area contributed by atoms with Crippen LogP contribution in [0, 0.1) is 0 Å². The van der Waals surface area contributed by atoms with Crippen molar-refractivity contribution < 1.29 is 4.39 Å². The Balaban J connectivity index is 2.17. The Morgan fingerprint density at radius 1 is 1.50 bits per heavy atom. The van der Waals surface area contributed by atoms with Crippen molar-refractivity contribution in [2.24, 2.45) is 0 Å². The molecule has 2 nitrogen and oxygen atoms in total. The van der Waals surface area contributed by atoms with E-state index in [1.807, 2.05) is 12.3 Å². The summed E-state index contributed by atoms with van der Waals surface area (Å²) in [7, 11) is 0. The summed E-state index contributed by atoms with van der Waals surface area (Å²) in [4.78, 5) is 6.56. The van der Waals surface area contributed by atoms with Crippen molar-refractivity contribution in [1.29, 1.82) is 0 Å². The third kappa shape index (κ3) is 2.03. The number of hydrogen-bond donors (Lipinski definition) is 1. The summed E-state index contributed by atoms with van der Waals surface area (Å²) in [6, 6.07) is 4.05. The molecule has 4 heteroatoms. The van der Waals surface area contributed by atoms with Crippen molar-refractivity contribution in [2.75, 3.05) is 13.3 Å². The van der Waals surface area contributed by atoms with Crippen LogP contribution in [-0.2, 0) is 6.42 Å². The molecule has 74 valence electrons. The van der Waals surface area contributed by atoms with Crippen molar-refractivity contribution in [3.63, 3.8) is 0 Å². The molecule has 0 aliphatic carbocycles. The van der Waals surface area contributed by atoms with E-state index in [-0.39, 0.29) is 0 Å². The van der Waals surface area contributed by atoms with E-state index in [1.165, 1.54) is 15.3 Å². The Kier molecular flexibility index (Phi) is 3.30. The van der Waals surface area contributed by atoms with Gasteiger partial charge in [-0.1, -0.05) is 0 Å². The molecule has 0 radical (unpaired) electrons. The molecule has 0 aliphatic heterocycles. The molecular weight excluding hydrogens is 246 g/mol. The van der Waals surface area contributed by atoms with E-state index in [2.05, 4.69) is 21.3 Å². The van der Waals surface area contributed by atoms with Gasteiger partial charge in [0.1, 0.15) is 0 Å². The summed E-state index contributed by atoms with van der Waals surface area (Å²) in [5.74, 6) is 0. The van der Waals surface area contributed by atoms with Crippen molar-refractivity contribution >= 4 is 24.3 Å². The van der Waals surface area contributed by atoms with Gasteiger partial charge in [-0.15, -0.1) is 0 Å². The number of aromatic nitrogens is 1. The molecule has 0 fully saturated rings. The summed E-state index contributed by atoms with van der Waals surface area (Å²) in [6.45, 7) is 0.255. The van der Waals surface area contributed by atoms with E-state index in [1.54, 1.807) is 0 Å². The van der Waals surface area contributed by atoms with Gasteiger partial charge in [-0.3, -0.25) is 0 Å². The number of nitrogens with zero attached hydrogens (tertiary/aromatic N) is 1. The van der Waals surface area contributed by atoms with E-state index < -0.39 is 6.80 Å². The predicted molar refractivity (Wildman–Crippen MR) is 56.4 cm³/mol. The Morgan fingerprint density at radius 3 is 3.29 bits per heavy atom. The van der Waals surface area contributed by atoms with E-state index in [4.69, 9.17) is 0 Å². The second-order valence-corrected chi connectivity index (χ2v) is 4.80. The zero-order valence-corrected chi connectivity index (χ0v) is 9.38. The first-order chi connectivity index (χ1) is 6.92. The van der Waals surface area contributed by atoms with Crippen LogP contribution in [0.1, 0.15) is 5.56 Å². The molecule has 14 heavy (non-hydrogen) atoms.